The van der Waals surface area contributed by atoms with Crippen LogP contribution in [0.15, 0.2) is 0 Å². The third-order valence-electron chi connectivity index (χ3n) is 4.00. The summed E-state index contributed by atoms with van der Waals surface area (Å²) in [6.07, 6.45) is -0.272. The van der Waals surface area contributed by atoms with Crippen molar-refractivity contribution in [2.45, 2.75) is 43.8 Å². The van der Waals surface area contributed by atoms with Crippen LogP contribution in [0.2, 0.25) is 0 Å². The number of hydrogen-bond donors (Lipinski definition) is 2. The topological polar surface area (TPSA) is 61.4 Å². The Morgan fingerprint density at radius 3 is 2.45 bits per heavy atom. The van der Waals surface area contributed by atoms with Gasteiger partial charge in [-0.15, -0.1) is 0 Å². The first kappa shape index (κ1) is 16.0. The highest BCUT2D eigenvalue weighted by atomic mass is 32.2. The lowest BCUT2D eigenvalue weighted by Gasteiger charge is -2.48. The molecular formula is C11H20F3N3O2S. The van der Waals surface area contributed by atoms with Crippen LogP contribution in [0, 0.1) is 0 Å². The van der Waals surface area contributed by atoms with Crippen molar-refractivity contribution >= 4 is 10.2 Å². The quantitative estimate of drug-likeness (QED) is 0.816. The molecule has 0 aromatic heterocycles. The van der Waals surface area contributed by atoms with E-state index in [2.05, 4.69) is 5.32 Å². The minimum Gasteiger partial charge on any atom is -0.314 e. The van der Waals surface area contributed by atoms with Crippen LogP contribution in [0.1, 0.15) is 32.1 Å². The fraction of sp³-hybridized carbons (Fsp3) is 1.00. The predicted octanol–water partition coefficient (Wildman–Crippen LogP) is 0.991. The van der Waals surface area contributed by atoms with Gasteiger partial charge in [-0.25, -0.2) is 0 Å². The van der Waals surface area contributed by atoms with Gasteiger partial charge in [0.2, 0.25) is 0 Å². The lowest BCUT2D eigenvalue weighted by atomic mass is 9.80. The molecule has 5 nitrogen and oxygen atoms in total. The average Bonchev–Trinajstić information content (AvgIpc) is 2.37. The molecule has 1 aliphatic carbocycles. The molecule has 0 amide bonds. The van der Waals surface area contributed by atoms with Crippen molar-refractivity contribution in [3.63, 3.8) is 0 Å². The van der Waals surface area contributed by atoms with Crippen molar-refractivity contribution in [1.82, 2.24) is 14.3 Å². The van der Waals surface area contributed by atoms with Gasteiger partial charge in [0.15, 0.2) is 0 Å². The Hall–Kier alpha value is -0.380. The highest BCUT2D eigenvalue weighted by Gasteiger charge is 2.46. The number of nitrogens with one attached hydrogen (secondary N) is 2. The van der Waals surface area contributed by atoms with Crippen molar-refractivity contribution in [2.75, 3.05) is 26.2 Å². The van der Waals surface area contributed by atoms with Crippen molar-refractivity contribution in [3.8, 4) is 0 Å². The summed E-state index contributed by atoms with van der Waals surface area (Å²) in [5.41, 5.74) is -0.562. The molecule has 0 aromatic carbocycles. The largest absolute Gasteiger partial charge is 0.402 e. The smallest absolute Gasteiger partial charge is 0.314 e. The Morgan fingerprint density at radius 2 is 1.85 bits per heavy atom. The number of rotatable bonds is 3. The lowest BCUT2D eigenvalue weighted by molar-refractivity contribution is -0.121. The van der Waals surface area contributed by atoms with Gasteiger partial charge in [-0.3, -0.25) is 0 Å². The Balaban J connectivity index is 2.14. The zero-order chi connectivity index (χ0) is 14.9. The molecule has 20 heavy (non-hydrogen) atoms. The minimum absolute atomic E-state index is 0.215. The van der Waals surface area contributed by atoms with E-state index in [0.29, 0.717) is 25.9 Å². The molecule has 1 aliphatic heterocycles. The Labute approximate surface area is 117 Å². The normalized spacial score (nSPS) is 24.9. The molecule has 0 aromatic rings. The van der Waals surface area contributed by atoms with Crippen molar-refractivity contribution in [3.05, 3.63) is 0 Å². The van der Waals surface area contributed by atoms with Gasteiger partial charge in [-0.2, -0.15) is 30.6 Å². The summed E-state index contributed by atoms with van der Waals surface area (Å²) >= 11 is 0. The second-order valence-electron chi connectivity index (χ2n) is 5.48. The minimum atomic E-state index is -4.54. The number of alkyl halides is 3. The maximum Gasteiger partial charge on any atom is 0.402 e. The fourth-order valence-electron chi connectivity index (χ4n) is 3.09. The van der Waals surface area contributed by atoms with Gasteiger partial charge in [0, 0.05) is 25.2 Å². The number of nitrogens with zero attached hydrogens (tertiary/aromatic N) is 1. The van der Waals surface area contributed by atoms with Crippen LogP contribution in [-0.2, 0) is 10.2 Å². The van der Waals surface area contributed by atoms with Gasteiger partial charge in [0.1, 0.15) is 6.54 Å². The fourth-order valence-corrected chi connectivity index (χ4v) is 4.68. The van der Waals surface area contributed by atoms with Crippen LogP contribution in [-0.4, -0.2) is 50.6 Å². The van der Waals surface area contributed by atoms with Crippen LogP contribution in [0.25, 0.3) is 0 Å². The molecular weight excluding hydrogens is 295 g/mol. The SMILES string of the molecule is O=S(=O)(NCC(F)(F)F)N1CCNCC12CCCCC2. The van der Waals surface area contributed by atoms with Crippen LogP contribution >= 0.6 is 0 Å². The third-order valence-corrected chi connectivity index (χ3v) is 5.66. The van der Waals surface area contributed by atoms with E-state index in [1.165, 1.54) is 4.31 Å². The highest BCUT2D eigenvalue weighted by molar-refractivity contribution is 7.87. The molecule has 0 unspecified atom stereocenters. The third kappa shape index (κ3) is 3.63. The van der Waals surface area contributed by atoms with Gasteiger partial charge in [-0.1, -0.05) is 19.3 Å². The van der Waals surface area contributed by atoms with E-state index in [-0.39, 0.29) is 6.54 Å². The summed E-state index contributed by atoms with van der Waals surface area (Å²) in [7, 11) is -4.10. The molecule has 2 fully saturated rings. The van der Waals surface area contributed by atoms with Crippen LogP contribution in [0.5, 0.6) is 0 Å². The maximum absolute atomic E-state index is 12.2. The summed E-state index contributed by atoms with van der Waals surface area (Å²) in [5.74, 6) is 0. The lowest BCUT2D eigenvalue weighted by Crippen LogP contribution is -2.65. The van der Waals surface area contributed by atoms with Gasteiger partial charge >= 0.3 is 6.18 Å². The second kappa shape index (κ2) is 5.78. The van der Waals surface area contributed by atoms with E-state index in [9.17, 15) is 21.6 Å². The number of halogens is 3. The van der Waals surface area contributed by atoms with Crippen molar-refractivity contribution < 1.29 is 21.6 Å². The molecule has 118 valence electrons. The van der Waals surface area contributed by atoms with Crippen LogP contribution in [0.4, 0.5) is 13.2 Å². The Kier molecular flexibility index (Phi) is 4.63. The molecule has 1 saturated heterocycles. The molecule has 0 bridgehead atoms. The summed E-state index contributed by atoms with van der Waals surface area (Å²) in [6, 6.07) is 0. The Morgan fingerprint density at radius 1 is 1.20 bits per heavy atom. The molecule has 2 rings (SSSR count). The van der Waals surface area contributed by atoms with Crippen LogP contribution in [0.3, 0.4) is 0 Å². The van der Waals surface area contributed by atoms with Crippen molar-refractivity contribution in [1.29, 1.82) is 0 Å². The first-order chi connectivity index (χ1) is 9.25. The summed E-state index contributed by atoms with van der Waals surface area (Å²) in [4.78, 5) is 0. The standard InChI is InChI=1S/C11H20F3N3O2S/c12-11(13,14)9-16-20(18,19)17-7-6-15-8-10(17)4-2-1-3-5-10/h15-16H,1-9H2. The predicted molar refractivity (Wildman–Crippen MR) is 68.4 cm³/mol. The summed E-state index contributed by atoms with van der Waals surface area (Å²) in [6.45, 7) is -0.322. The molecule has 0 radical (unpaired) electrons. The van der Waals surface area contributed by atoms with E-state index >= 15 is 0 Å². The number of hydrogen-bond acceptors (Lipinski definition) is 3. The van der Waals surface area contributed by atoms with Gasteiger partial charge in [0.25, 0.3) is 10.2 Å². The molecule has 1 saturated carbocycles. The molecule has 1 heterocycles. The first-order valence-electron chi connectivity index (χ1n) is 6.80. The molecule has 1 spiro atoms. The maximum atomic E-state index is 12.2. The van der Waals surface area contributed by atoms with Gasteiger partial charge in [0.05, 0.1) is 0 Å². The zero-order valence-corrected chi connectivity index (χ0v) is 12.0. The molecule has 2 N–H and O–H groups in total. The average molecular weight is 315 g/mol. The molecule has 9 heteroatoms. The van der Waals surface area contributed by atoms with Gasteiger partial charge in [-0.05, 0) is 12.8 Å². The van der Waals surface area contributed by atoms with E-state index in [4.69, 9.17) is 0 Å². The summed E-state index contributed by atoms with van der Waals surface area (Å²) in [5, 5.41) is 3.16. The van der Waals surface area contributed by atoms with E-state index in [1.54, 1.807) is 4.72 Å². The first-order valence-corrected chi connectivity index (χ1v) is 8.24. The summed E-state index contributed by atoms with van der Waals surface area (Å²) < 4.78 is 64.0. The van der Waals surface area contributed by atoms with E-state index in [1.807, 2.05) is 0 Å². The molecule has 0 atom stereocenters. The highest BCUT2D eigenvalue weighted by Crippen LogP contribution is 2.36. The number of piperazine rings is 1. The monoisotopic (exact) mass is 315 g/mol. The van der Waals surface area contributed by atoms with Crippen LogP contribution < -0.4 is 10.0 Å². The van der Waals surface area contributed by atoms with Crippen molar-refractivity contribution in [2.24, 2.45) is 0 Å². The molecule has 2 aliphatic rings. The van der Waals surface area contributed by atoms with E-state index in [0.717, 1.165) is 19.3 Å². The second-order valence-corrected chi connectivity index (χ2v) is 7.15. The zero-order valence-electron chi connectivity index (χ0n) is 11.2. The Bertz CT molecular complexity index is 424. The van der Waals surface area contributed by atoms with E-state index < -0.39 is 28.5 Å². The van der Waals surface area contributed by atoms with Gasteiger partial charge < -0.3 is 5.32 Å².